The van der Waals surface area contributed by atoms with E-state index < -0.39 is 0 Å². The van der Waals surface area contributed by atoms with Crippen LogP contribution in [0.2, 0.25) is 0 Å². The van der Waals surface area contributed by atoms with Crippen molar-refractivity contribution in [3.63, 3.8) is 0 Å². The lowest BCUT2D eigenvalue weighted by Crippen LogP contribution is -2.39. The van der Waals surface area contributed by atoms with Gasteiger partial charge in [-0.05, 0) is 88.1 Å². The van der Waals surface area contributed by atoms with Crippen LogP contribution in [0.4, 0.5) is 11.4 Å². The molecule has 2 bridgehead atoms. The molecule has 146 valence electrons. The van der Waals surface area contributed by atoms with Crippen LogP contribution in [0.1, 0.15) is 51.9 Å². The second-order valence-electron chi connectivity index (χ2n) is 9.44. The van der Waals surface area contributed by atoms with E-state index >= 15 is 0 Å². The van der Waals surface area contributed by atoms with Gasteiger partial charge in [0.15, 0.2) is 0 Å². The molecule has 2 saturated heterocycles. The molecular formula is C23H33N3O. The zero-order valence-corrected chi connectivity index (χ0v) is 16.6. The summed E-state index contributed by atoms with van der Waals surface area (Å²) in [6.45, 7) is 5.93. The van der Waals surface area contributed by atoms with Crippen LogP contribution in [-0.2, 0) is 4.79 Å². The number of amides is 1. The van der Waals surface area contributed by atoms with E-state index in [-0.39, 0.29) is 11.8 Å². The van der Waals surface area contributed by atoms with Crippen LogP contribution in [0.3, 0.4) is 0 Å². The first-order valence-corrected chi connectivity index (χ1v) is 11.1. The van der Waals surface area contributed by atoms with E-state index in [2.05, 4.69) is 46.3 Å². The molecule has 0 aromatic heterocycles. The summed E-state index contributed by atoms with van der Waals surface area (Å²) < 4.78 is 0. The van der Waals surface area contributed by atoms with E-state index in [0.717, 1.165) is 37.2 Å². The van der Waals surface area contributed by atoms with Gasteiger partial charge in [0.05, 0.1) is 0 Å². The predicted molar refractivity (Wildman–Crippen MR) is 110 cm³/mol. The number of anilines is 2. The summed E-state index contributed by atoms with van der Waals surface area (Å²) in [5, 5.41) is 3.18. The zero-order valence-electron chi connectivity index (χ0n) is 16.6. The van der Waals surface area contributed by atoms with E-state index in [1.54, 1.807) is 0 Å². The predicted octanol–water partition coefficient (Wildman–Crippen LogP) is 4.12. The summed E-state index contributed by atoms with van der Waals surface area (Å²) in [5.41, 5.74) is 2.25. The third-order valence-corrected chi connectivity index (χ3v) is 7.81. The zero-order chi connectivity index (χ0) is 18.4. The van der Waals surface area contributed by atoms with Crippen molar-refractivity contribution in [2.75, 3.05) is 29.9 Å². The van der Waals surface area contributed by atoms with E-state index in [0.29, 0.717) is 12.0 Å². The molecule has 0 spiro atoms. The quantitative estimate of drug-likeness (QED) is 0.869. The Balaban J connectivity index is 1.18. The van der Waals surface area contributed by atoms with E-state index in [4.69, 9.17) is 0 Å². The van der Waals surface area contributed by atoms with Gasteiger partial charge < -0.3 is 10.2 Å². The number of nitrogens with zero attached hydrogens (tertiary/aromatic N) is 2. The third-order valence-electron chi connectivity index (χ3n) is 7.81. The van der Waals surface area contributed by atoms with E-state index in [1.807, 2.05) is 0 Å². The monoisotopic (exact) mass is 367 g/mol. The van der Waals surface area contributed by atoms with Crippen LogP contribution in [0, 0.1) is 17.8 Å². The van der Waals surface area contributed by atoms with Gasteiger partial charge in [-0.25, -0.2) is 0 Å². The Morgan fingerprint density at radius 3 is 2.56 bits per heavy atom. The fourth-order valence-corrected chi connectivity index (χ4v) is 6.30. The molecule has 5 rings (SSSR count). The highest BCUT2D eigenvalue weighted by Gasteiger charge is 2.43. The van der Waals surface area contributed by atoms with Crippen molar-refractivity contribution in [2.45, 2.75) is 64.0 Å². The highest BCUT2D eigenvalue weighted by atomic mass is 16.1. The van der Waals surface area contributed by atoms with Gasteiger partial charge in [-0.1, -0.05) is 6.42 Å². The number of likely N-dealkylation sites (tertiary alicyclic amines) is 1. The Kier molecular flexibility index (Phi) is 4.63. The molecule has 4 nitrogen and oxygen atoms in total. The minimum absolute atomic E-state index is 0.249. The lowest BCUT2D eigenvalue weighted by atomic mass is 9.88. The van der Waals surface area contributed by atoms with Gasteiger partial charge >= 0.3 is 0 Å². The molecule has 2 aliphatic heterocycles. The number of benzene rings is 1. The highest BCUT2D eigenvalue weighted by molar-refractivity contribution is 5.93. The Labute approximate surface area is 163 Å². The van der Waals surface area contributed by atoms with Crippen LogP contribution in [0.25, 0.3) is 0 Å². The van der Waals surface area contributed by atoms with Crippen LogP contribution in [0.15, 0.2) is 24.3 Å². The lowest BCUT2D eigenvalue weighted by molar-refractivity contribution is -0.121. The first kappa shape index (κ1) is 17.5. The summed E-state index contributed by atoms with van der Waals surface area (Å²) in [6, 6.07) is 10.0. The summed E-state index contributed by atoms with van der Waals surface area (Å²) in [7, 11) is 0. The summed E-state index contributed by atoms with van der Waals surface area (Å²) >= 11 is 0. The number of hydrogen-bond acceptors (Lipinski definition) is 3. The average Bonchev–Trinajstić information content (AvgIpc) is 3.46. The molecule has 2 aliphatic carbocycles. The van der Waals surface area contributed by atoms with Crippen molar-refractivity contribution in [3.05, 3.63) is 24.3 Å². The van der Waals surface area contributed by atoms with Crippen molar-refractivity contribution in [3.8, 4) is 0 Å². The highest BCUT2D eigenvalue weighted by Crippen LogP contribution is 2.48. The molecule has 1 aromatic carbocycles. The molecule has 0 radical (unpaired) electrons. The molecule has 4 fully saturated rings. The average molecular weight is 368 g/mol. The summed E-state index contributed by atoms with van der Waals surface area (Å²) in [5.74, 6) is 1.96. The lowest BCUT2D eigenvalue weighted by Gasteiger charge is -2.28. The van der Waals surface area contributed by atoms with Crippen LogP contribution in [0.5, 0.6) is 0 Å². The van der Waals surface area contributed by atoms with Crippen molar-refractivity contribution in [2.24, 2.45) is 17.8 Å². The molecule has 3 unspecified atom stereocenters. The van der Waals surface area contributed by atoms with Crippen LogP contribution < -0.4 is 10.2 Å². The minimum Gasteiger partial charge on any atom is -0.370 e. The first-order chi connectivity index (χ1) is 13.2. The van der Waals surface area contributed by atoms with E-state index in [9.17, 15) is 4.79 Å². The van der Waals surface area contributed by atoms with Gasteiger partial charge in [-0.15, -0.1) is 0 Å². The van der Waals surface area contributed by atoms with Crippen LogP contribution >= 0.6 is 0 Å². The normalized spacial score (nSPS) is 35.9. The third kappa shape index (κ3) is 3.37. The molecule has 1 amide bonds. The maximum Gasteiger partial charge on any atom is 0.227 e. The topological polar surface area (TPSA) is 35.6 Å². The Bertz CT molecular complexity index is 687. The van der Waals surface area contributed by atoms with Crippen molar-refractivity contribution < 1.29 is 4.79 Å². The van der Waals surface area contributed by atoms with Gasteiger partial charge in [0.1, 0.15) is 0 Å². The first-order valence-electron chi connectivity index (χ1n) is 11.1. The summed E-state index contributed by atoms with van der Waals surface area (Å²) in [6.07, 6.45) is 8.97. The maximum atomic E-state index is 12.6. The maximum absolute atomic E-state index is 12.6. The molecule has 4 heteroatoms. The number of fused-ring (bicyclic) bond motifs is 2. The Morgan fingerprint density at radius 2 is 1.89 bits per heavy atom. The number of carbonyl (C=O) groups is 1. The van der Waals surface area contributed by atoms with Gasteiger partial charge in [-0.2, -0.15) is 0 Å². The van der Waals surface area contributed by atoms with E-state index in [1.165, 1.54) is 50.8 Å². The largest absolute Gasteiger partial charge is 0.370 e. The Morgan fingerprint density at radius 1 is 1.04 bits per heavy atom. The fourth-order valence-electron chi connectivity index (χ4n) is 6.30. The minimum atomic E-state index is 0.249. The SMILES string of the molecule is CC1CCCN1C1CCN(c2ccc(NC(=O)C3C[C@@H]4CC[C@@H]3C4)cc2)C1. The van der Waals surface area contributed by atoms with Gasteiger partial charge in [0, 0.05) is 42.5 Å². The number of nitrogens with one attached hydrogen (secondary N) is 1. The second kappa shape index (κ2) is 7.12. The molecule has 4 aliphatic rings. The van der Waals surface area contributed by atoms with Gasteiger partial charge in [-0.3, -0.25) is 9.69 Å². The molecule has 1 aromatic rings. The smallest absolute Gasteiger partial charge is 0.227 e. The molecular weight excluding hydrogens is 334 g/mol. The number of hydrogen-bond donors (Lipinski definition) is 1. The van der Waals surface area contributed by atoms with Crippen molar-refractivity contribution in [1.29, 1.82) is 0 Å². The number of carbonyl (C=O) groups excluding carboxylic acids is 1. The molecule has 2 heterocycles. The Hall–Kier alpha value is -1.55. The fraction of sp³-hybridized carbons (Fsp3) is 0.696. The number of rotatable bonds is 4. The van der Waals surface area contributed by atoms with Crippen molar-refractivity contribution in [1.82, 2.24) is 4.90 Å². The van der Waals surface area contributed by atoms with Crippen molar-refractivity contribution >= 4 is 17.3 Å². The summed E-state index contributed by atoms with van der Waals surface area (Å²) in [4.78, 5) is 17.9. The molecule has 2 saturated carbocycles. The molecule has 1 N–H and O–H groups in total. The van der Waals surface area contributed by atoms with Gasteiger partial charge in [0.2, 0.25) is 5.91 Å². The standard InChI is InChI=1S/C23H33N3O/c1-16-3-2-11-26(16)21-10-12-25(15-21)20-8-6-19(7-9-20)24-23(27)22-14-17-4-5-18(22)13-17/h6-9,16-18,21-22H,2-5,10-15H2,1H3,(H,24,27)/t16?,17-,18-,21?,22?/m1/s1. The second-order valence-corrected chi connectivity index (χ2v) is 9.44. The molecule has 5 atom stereocenters. The van der Waals surface area contributed by atoms with Gasteiger partial charge in [0.25, 0.3) is 0 Å². The van der Waals surface area contributed by atoms with Crippen LogP contribution in [-0.4, -0.2) is 42.5 Å². The molecule has 27 heavy (non-hydrogen) atoms.